The van der Waals surface area contributed by atoms with Crippen LogP contribution in [0, 0.1) is 5.92 Å². The van der Waals surface area contributed by atoms with E-state index in [9.17, 15) is 0 Å². The molecule has 0 amide bonds. The first-order chi connectivity index (χ1) is 8.38. The van der Waals surface area contributed by atoms with Crippen molar-refractivity contribution in [3.8, 4) is 5.75 Å². The molecule has 2 aliphatic rings. The van der Waals surface area contributed by atoms with Crippen molar-refractivity contribution in [3.63, 3.8) is 0 Å². The Morgan fingerprint density at radius 3 is 3.24 bits per heavy atom. The van der Waals surface area contributed by atoms with Crippen molar-refractivity contribution in [2.75, 3.05) is 19.7 Å². The lowest BCUT2D eigenvalue weighted by Gasteiger charge is -2.32. The predicted octanol–water partition coefficient (Wildman–Crippen LogP) is 2.72. The highest BCUT2D eigenvalue weighted by molar-refractivity contribution is 5.41. The van der Waals surface area contributed by atoms with E-state index in [-0.39, 0.29) is 0 Å². The second kappa shape index (κ2) is 4.69. The minimum atomic E-state index is 0.743. The molecule has 0 bridgehead atoms. The van der Waals surface area contributed by atoms with Gasteiger partial charge in [0.2, 0.25) is 0 Å². The average Bonchev–Trinajstić information content (AvgIpc) is 2.85. The molecule has 2 aliphatic heterocycles. The minimum absolute atomic E-state index is 0.743. The lowest BCUT2D eigenvalue weighted by molar-refractivity contribution is 0.317. The molecular weight excluding hydrogens is 210 g/mol. The van der Waals surface area contributed by atoms with Crippen LogP contribution in [-0.4, -0.2) is 19.7 Å². The monoisotopic (exact) mass is 231 g/mol. The van der Waals surface area contributed by atoms with Crippen LogP contribution in [0.25, 0.3) is 0 Å². The maximum atomic E-state index is 5.58. The molecule has 2 nitrogen and oxygen atoms in total. The third kappa shape index (κ3) is 2.06. The Balaban J connectivity index is 1.87. The van der Waals surface area contributed by atoms with E-state index < -0.39 is 0 Å². The standard InChI is InChI=1S/C15H21NO/c1-2-11-10-16-7-5-14(11)12-3-4-15-13(9-12)6-8-17-15/h3-4,9,11,14,16H,2,5-8,10H2,1H3. The van der Waals surface area contributed by atoms with Crippen molar-refractivity contribution in [1.82, 2.24) is 5.32 Å². The van der Waals surface area contributed by atoms with Gasteiger partial charge in [-0.25, -0.2) is 0 Å². The van der Waals surface area contributed by atoms with Gasteiger partial charge < -0.3 is 10.1 Å². The zero-order valence-electron chi connectivity index (χ0n) is 10.5. The summed E-state index contributed by atoms with van der Waals surface area (Å²) < 4.78 is 5.58. The topological polar surface area (TPSA) is 21.3 Å². The molecule has 1 aromatic rings. The molecule has 0 aromatic heterocycles. The van der Waals surface area contributed by atoms with Gasteiger partial charge in [-0.15, -0.1) is 0 Å². The zero-order chi connectivity index (χ0) is 11.7. The molecule has 0 radical (unpaired) electrons. The summed E-state index contributed by atoms with van der Waals surface area (Å²) in [5, 5.41) is 3.51. The molecule has 1 N–H and O–H groups in total. The lowest BCUT2D eigenvalue weighted by atomic mass is 9.79. The molecule has 1 aromatic carbocycles. The van der Waals surface area contributed by atoms with Crippen LogP contribution in [0.5, 0.6) is 5.75 Å². The highest BCUT2D eigenvalue weighted by atomic mass is 16.5. The molecule has 2 heteroatoms. The lowest BCUT2D eigenvalue weighted by Crippen LogP contribution is -2.35. The Labute approximate surface area is 103 Å². The third-order valence-electron chi connectivity index (χ3n) is 4.27. The number of hydrogen-bond acceptors (Lipinski definition) is 2. The quantitative estimate of drug-likeness (QED) is 0.845. The molecule has 0 aliphatic carbocycles. The van der Waals surface area contributed by atoms with Gasteiger partial charge >= 0.3 is 0 Å². The zero-order valence-corrected chi connectivity index (χ0v) is 10.5. The highest BCUT2D eigenvalue weighted by Crippen LogP contribution is 2.35. The van der Waals surface area contributed by atoms with E-state index in [0.717, 1.165) is 37.2 Å². The Morgan fingerprint density at radius 2 is 2.35 bits per heavy atom. The van der Waals surface area contributed by atoms with Gasteiger partial charge in [-0.2, -0.15) is 0 Å². The van der Waals surface area contributed by atoms with Gasteiger partial charge in [-0.1, -0.05) is 25.5 Å². The largest absolute Gasteiger partial charge is 0.493 e. The summed E-state index contributed by atoms with van der Waals surface area (Å²) in [7, 11) is 0. The Bertz CT molecular complexity index is 402. The fraction of sp³-hybridized carbons (Fsp3) is 0.600. The maximum absolute atomic E-state index is 5.58. The maximum Gasteiger partial charge on any atom is 0.122 e. The molecule has 1 saturated heterocycles. The SMILES string of the molecule is CCC1CNCCC1c1ccc2c(c1)CCO2. The van der Waals surface area contributed by atoms with Crippen LogP contribution in [0.3, 0.4) is 0 Å². The normalized spacial score (nSPS) is 27.6. The first-order valence-corrected chi connectivity index (χ1v) is 6.85. The number of hydrogen-bond donors (Lipinski definition) is 1. The van der Waals surface area contributed by atoms with Crippen molar-refractivity contribution in [2.45, 2.75) is 32.1 Å². The molecule has 0 saturated carbocycles. The molecule has 3 rings (SSSR count). The molecule has 2 heterocycles. The molecular formula is C15H21NO. The van der Waals surface area contributed by atoms with Gasteiger partial charge in [0.15, 0.2) is 0 Å². The first-order valence-electron chi connectivity index (χ1n) is 6.85. The number of ether oxygens (including phenoxy) is 1. The van der Waals surface area contributed by atoms with Crippen molar-refractivity contribution in [1.29, 1.82) is 0 Å². The summed E-state index contributed by atoms with van der Waals surface area (Å²) in [5.41, 5.74) is 2.94. The van der Waals surface area contributed by atoms with Crippen LogP contribution in [0.1, 0.15) is 36.8 Å². The van der Waals surface area contributed by atoms with Crippen LogP contribution in [0.4, 0.5) is 0 Å². The van der Waals surface area contributed by atoms with Gasteiger partial charge in [-0.3, -0.25) is 0 Å². The summed E-state index contributed by atoms with van der Waals surface area (Å²) in [5.74, 6) is 2.65. The van der Waals surface area contributed by atoms with Crippen molar-refractivity contribution in [3.05, 3.63) is 29.3 Å². The predicted molar refractivity (Wildman–Crippen MR) is 69.6 cm³/mol. The first kappa shape index (κ1) is 11.1. The molecule has 2 atom stereocenters. The van der Waals surface area contributed by atoms with Gasteiger partial charge in [0.25, 0.3) is 0 Å². The highest BCUT2D eigenvalue weighted by Gasteiger charge is 2.26. The Morgan fingerprint density at radius 1 is 1.41 bits per heavy atom. The van der Waals surface area contributed by atoms with Gasteiger partial charge in [-0.05, 0) is 48.5 Å². The molecule has 1 fully saturated rings. The smallest absolute Gasteiger partial charge is 0.122 e. The Kier molecular flexibility index (Phi) is 3.06. The van der Waals surface area contributed by atoms with E-state index in [1.54, 1.807) is 0 Å². The van der Waals surface area contributed by atoms with Gasteiger partial charge in [0, 0.05) is 6.42 Å². The molecule has 0 spiro atoms. The van der Waals surface area contributed by atoms with Crippen LogP contribution in [0.2, 0.25) is 0 Å². The second-order valence-electron chi connectivity index (χ2n) is 5.23. The van der Waals surface area contributed by atoms with E-state index >= 15 is 0 Å². The van der Waals surface area contributed by atoms with E-state index in [1.165, 1.54) is 30.5 Å². The minimum Gasteiger partial charge on any atom is -0.493 e. The van der Waals surface area contributed by atoms with E-state index in [0.29, 0.717) is 0 Å². The summed E-state index contributed by atoms with van der Waals surface area (Å²) in [6, 6.07) is 6.84. The van der Waals surface area contributed by atoms with E-state index in [4.69, 9.17) is 4.74 Å². The average molecular weight is 231 g/mol. The number of rotatable bonds is 2. The van der Waals surface area contributed by atoms with Gasteiger partial charge in [0.1, 0.15) is 5.75 Å². The van der Waals surface area contributed by atoms with E-state index in [1.807, 2.05) is 0 Å². The molecule has 92 valence electrons. The summed E-state index contributed by atoms with van der Waals surface area (Å²) in [4.78, 5) is 0. The van der Waals surface area contributed by atoms with Crippen LogP contribution in [0.15, 0.2) is 18.2 Å². The molecule has 2 unspecified atom stereocenters. The summed E-state index contributed by atoms with van der Waals surface area (Å²) >= 11 is 0. The number of benzene rings is 1. The number of piperidine rings is 1. The van der Waals surface area contributed by atoms with Gasteiger partial charge in [0.05, 0.1) is 6.61 Å². The number of fused-ring (bicyclic) bond motifs is 1. The fourth-order valence-corrected chi connectivity index (χ4v) is 3.23. The summed E-state index contributed by atoms with van der Waals surface area (Å²) in [6.45, 7) is 5.51. The fourth-order valence-electron chi connectivity index (χ4n) is 3.23. The summed E-state index contributed by atoms with van der Waals surface area (Å²) in [6.07, 6.45) is 3.63. The molecule has 17 heavy (non-hydrogen) atoms. The van der Waals surface area contributed by atoms with Crippen molar-refractivity contribution < 1.29 is 4.74 Å². The van der Waals surface area contributed by atoms with Crippen LogP contribution >= 0.6 is 0 Å². The second-order valence-corrected chi connectivity index (χ2v) is 5.23. The third-order valence-corrected chi connectivity index (χ3v) is 4.27. The van der Waals surface area contributed by atoms with Crippen molar-refractivity contribution in [2.24, 2.45) is 5.92 Å². The van der Waals surface area contributed by atoms with E-state index in [2.05, 4.69) is 30.4 Å². The Hall–Kier alpha value is -1.02. The van der Waals surface area contributed by atoms with Crippen LogP contribution in [-0.2, 0) is 6.42 Å². The van der Waals surface area contributed by atoms with Crippen molar-refractivity contribution >= 4 is 0 Å². The van der Waals surface area contributed by atoms with Crippen LogP contribution < -0.4 is 10.1 Å². The number of nitrogens with one attached hydrogen (secondary N) is 1.